The summed E-state index contributed by atoms with van der Waals surface area (Å²) in [6, 6.07) is 0. The van der Waals surface area contributed by atoms with Gasteiger partial charge in [-0.25, -0.2) is 4.79 Å². The van der Waals surface area contributed by atoms with E-state index in [1.807, 2.05) is 13.0 Å². The van der Waals surface area contributed by atoms with E-state index in [0.29, 0.717) is 11.8 Å². The van der Waals surface area contributed by atoms with E-state index in [1.54, 1.807) is 0 Å². The van der Waals surface area contributed by atoms with Crippen LogP contribution in [0.3, 0.4) is 0 Å². The Hall–Kier alpha value is -0.790. The predicted molar refractivity (Wildman–Crippen MR) is 56.9 cm³/mol. The maximum atomic E-state index is 11.6. The molecule has 1 aliphatic heterocycles. The topological polar surface area (TPSA) is 26.3 Å². The van der Waals surface area contributed by atoms with Crippen molar-refractivity contribution in [1.29, 1.82) is 0 Å². The highest BCUT2D eigenvalue weighted by Crippen LogP contribution is 2.30. The van der Waals surface area contributed by atoms with Crippen molar-refractivity contribution >= 4 is 5.97 Å². The normalized spacial score (nSPS) is 32.9. The molecule has 2 nitrogen and oxygen atoms in total. The smallest absolute Gasteiger partial charge is 0.334 e. The Morgan fingerprint density at radius 3 is 2.71 bits per heavy atom. The lowest BCUT2D eigenvalue weighted by Crippen LogP contribution is -2.34. The van der Waals surface area contributed by atoms with Crippen LogP contribution in [0.5, 0.6) is 0 Å². The number of ether oxygens (including phenoxy) is 1. The lowest BCUT2D eigenvalue weighted by Gasteiger charge is -2.32. The summed E-state index contributed by atoms with van der Waals surface area (Å²) in [4.78, 5) is 11.6. The van der Waals surface area contributed by atoms with Crippen LogP contribution < -0.4 is 0 Å². The molecule has 0 aromatic rings. The number of cyclic esters (lactones) is 1. The van der Waals surface area contributed by atoms with Crippen molar-refractivity contribution < 1.29 is 9.53 Å². The first kappa shape index (κ1) is 11.3. The summed E-state index contributed by atoms with van der Waals surface area (Å²) in [5, 5.41) is 0. The summed E-state index contributed by atoms with van der Waals surface area (Å²) in [7, 11) is 0. The molecule has 0 aliphatic carbocycles. The standard InChI is InChI=1S/C12H20O2/c1-5-8(3)11-7-9(4)10(6-2)12(13)14-11/h6,8-9,11H,5,7H2,1-4H3/b10-6-. The van der Waals surface area contributed by atoms with Gasteiger partial charge in [-0.05, 0) is 25.2 Å². The van der Waals surface area contributed by atoms with Crippen LogP contribution in [-0.4, -0.2) is 12.1 Å². The molecule has 2 heteroatoms. The molecule has 1 heterocycles. The molecule has 3 unspecified atom stereocenters. The first-order valence-electron chi connectivity index (χ1n) is 5.47. The molecule has 1 saturated heterocycles. The lowest BCUT2D eigenvalue weighted by molar-refractivity contribution is -0.152. The van der Waals surface area contributed by atoms with E-state index < -0.39 is 0 Å². The van der Waals surface area contributed by atoms with Crippen molar-refractivity contribution in [2.45, 2.75) is 46.6 Å². The summed E-state index contributed by atoms with van der Waals surface area (Å²) in [5.74, 6) is 0.705. The van der Waals surface area contributed by atoms with Crippen LogP contribution in [0, 0.1) is 11.8 Å². The van der Waals surface area contributed by atoms with Crippen LogP contribution in [0.1, 0.15) is 40.5 Å². The molecule has 0 aromatic heterocycles. The second-order valence-electron chi connectivity index (χ2n) is 4.21. The number of hydrogen-bond acceptors (Lipinski definition) is 2. The minimum Gasteiger partial charge on any atom is -0.459 e. The third-order valence-electron chi connectivity index (χ3n) is 3.20. The van der Waals surface area contributed by atoms with Crippen molar-refractivity contribution in [3.05, 3.63) is 11.6 Å². The summed E-state index contributed by atoms with van der Waals surface area (Å²) in [6.07, 6.45) is 4.03. The van der Waals surface area contributed by atoms with Gasteiger partial charge < -0.3 is 4.74 Å². The molecular weight excluding hydrogens is 176 g/mol. The average molecular weight is 196 g/mol. The van der Waals surface area contributed by atoms with Gasteiger partial charge in [0.2, 0.25) is 0 Å². The van der Waals surface area contributed by atoms with E-state index in [2.05, 4.69) is 20.8 Å². The Labute approximate surface area is 86.3 Å². The van der Waals surface area contributed by atoms with Gasteiger partial charge in [-0.2, -0.15) is 0 Å². The number of hydrogen-bond donors (Lipinski definition) is 0. The zero-order chi connectivity index (χ0) is 10.7. The molecule has 0 bridgehead atoms. The predicted octanol–water partition coefficient (Wildman–Crippen LogP) is 2.93. The maximum Gasteiger partial charge on any atom is 0.334 e. The highest BCUT2D eigenvalue weighted by molar-refractivity contribution is 5.89. The fourth-order valence-electron chi connectivity index (χ4n) is 1.94. The Balaban J connectivity index is 2.70. The van der Waals surface area contributed by atoms with Gasteiger partial charge in [0.05, 0.1) is 0 Å². The van der Waals surface area contributed by atoms with Gasteiger partial charge in [0.1, 0.15) is 6.10 Å². The molecular formula is C12H20O2. The summed E-state index contributed by atoms with van der Waals surface area (Å²) < 4.78 is 5.41. The molecule has 1 rings (SSSR count). The van der Waals surface area contributed by atoms with Gasteiger partial charge >= 0.3 is 5.97 Å². The van der Waals surface area contributed by atoms with Crippen molar-refractivity contribution in [1.82, 2.24) is 0 Å². The van der Waals surface area contributed by atoms with Gasteiger partial charge in [-0.15, -0.1) is 0 Å². The van der Waals surface area contributed by atoms with E-state index in [-0.39, 0.29) is 12.1 Å². The van der Waals surface area contributed by atoms with E-state index >= 15 is 0 Å². The highest BCUT2D eigenvalue weighted by Gasteiger charge is 2.32. The number of carbonyl (C=O) groups is 1. The van der Waals surface area contributed by atoms with Crippen LogP contribution in [0.2, 0.25) is 0 Å². The van der Waals surface area contributed by atoms with Crippen LogP contribution in [-0.2, 0) is 9.53 Å². The second-order valence-corrected chi connectivity index (χ2v) is 4.21. The van der Waals surface area contributed by atoms with Crippen LogP contribution >= 0.6 is 0 Å². The van der Waals surface area contributed by atoms with Crippen molar-refractivity contribution in [2.75, 3.05) is 0 Å². The summed E-state index contributed by atoms with van der Waals surface area (Å²) >= 11 is 0. The van der Waals surface area contributed by atoms with Crippen LogP contribution in [0.25, 0.3) is 0 Å². The van der Waals surface area contributed by atoms with Crippen molar-refractivity contribution in [3.8, 4) is 0 Å². The maximum absolute atomic E-state index is 11.6. The van der Waals surface area contributed by atoms with Crippen LogP contribution in [0.15, 0.2) is 11.6 Å². The first-order valence-corrected chi connectivity index (χ1v) is 5.47. The summed E-state index contributed by atoms with van der Waals surface area (Å²) in [6.45, 7) is 8.28. The lowest BCUT2D eigenvalue weighted by atomic mass is 9.86. The number of rotatable bonds is 2. The largest absolute Gasteiger partial charge is 0.459 e. The Morgan fingerprint density at radius 2 is 2.29 bits per heavy atom. The number of allylic oxidation sites excluding steroid dienone is 1. The molecule has 3 atom stereocenters. The molecule has 1 fully saturated rings. The fraction of sp³-hybridized carbons (Fsp3) is 0.750. The average Bonchev–Trinajstić information content (AvgIpc) is 2.16. The molecule has 80 valence electrons. The minimum absolute atomic E-state index is 0.114. The first-order chi connectivity index (χ1) is 6.60. The number of carbonyl (C=O) groups excluding carboxylic acids is 1. The van der Waals surface area contributed by atoms with E-state index in [0.717, 1.165) is 18.4 Å². The highest BCUT2D eigenvalue weighted by atomic mass is 16.5. The van der Waals surface area contributed by atoms with Gasteiger partial charge in [-0.3, -0.25) is 0 Å². The third-order valence-corrected chi connectivity index (χ3v) is 3.20. The molecule has 0 radical (unpaired) electrons. The van der Waals surface area contributed by atoms with Crippen molar-refractivity contribution in [2.24, 2.45) is 11.8 Å². The molecule has 0 N–H and O–H groups in total. The Morgan fingerprint density at radius 1 is 1.64 bits per heavy atom. The third kappa shape index (κ3) is 2.17. The Kier molecular flexibility index (Phi) is 3.73. The molecule has 0 spiro atoms. The van der Waals surface area contributed by atoms with Crippen LogP contribution in [0.4, 0.5) is 0 Å². The van der Waals surface area contributed by atoms with E-state index in [9.17, 15) is 4.79 Å². The minimum atomic E-state index is -0.114. The van der Waals surface area contributed by atoms with Gasteiger partial charge in [0.15, 0.2) is 0 Å². The fourth-order valence-corrected chi connectivity index (χ4v) is 1.94. The van der Waals surface area contributed by atoms with Gasteiger partial charge in [0.25, 0.3) is 0 Å². The van der Waals surface area contributed by atoms with Gasteiger partial charge in [-0.1, -0.05) is 33.3 Å². The molecule has 0 saturated carbocycles. The SMILES string of the molecule is C/C=C1\C(=O)OC(C(C)CC)CC1C. The molecule has 1 aliphatic rings. The van der Waals surface area contributed by atoms with Gasteiger partial charge in [0, 0.05) is 5.57 Å². The second kappa shape index (κ2) is 4.63. The zero-order valence-corrected chi connectivity index (χ0v) is 9.54. The zero-order valence-electron chi connectivity index (χ0n) is 9.54. The quantitative estimate of drug-likeness (QED) is 0.501. The number of esters is 1. The molecule has 14 heavy (non-hydrogen) atoms. The summed E-state index contributed by atoms with van der Waals surface area (Å²) in [5.41, 5.74) is 0.838. The monoisotopic (exact) mass is 196 g/mol. The van der Waals surface area contributed by atoms with Crippen molar-refractivity contribution in [3.63, 3.8) is 0 Å². The van der Waals surface area contributed by atoms with E-state index in [1.165, 1.54) is 0 Å². The van der Waals surface area contributed by atoms with E-state index in [4.69, 9.17) is 4.74 Å². The Bertz CT molecular complexity index is 243. The molecule has 0 amide bonds. The molecule has 0 aromatic carbocycles.